The lowest BCUT2D eigenvalue weighted by Crippen LogP contribution is -2.33. The molecule has 0 aromatic heterocycles. The molecule has 0 unspecified atom stereocenters. The van der Waals surface area contributed by atoms with Crippen LogP contribution in [0.15, 0.2) is 0 Å². The zero-order valence-corrected chi connectivity index (χ0v) is 7.82. The quantitative estimate of drug-likeness (QED) is 0.130. The Morgan fingerprint density at radius 1 is 1.29 bits per heavy atom. The molecule has 0 fully saturated rings. The molecule has 0 bridgehead atoms. The SMILES string of the molecule is NNC(=O)COCCOCCNC=O. The van der Waals surface area contributed by atoms with E-state index in [2.05, 4.69) is 5.32 Å². The van der Waals surface area contributed by atoms with Gasteiger partial charge in [-0.25, -0.2) is 5.84 Å². The van der Waals surface area contributed by atoms with E-state index in [1.54, 1.807) is 0 Å². The van der Waals surface area contributed by atoms with Gasteiger partial charge >= 0.3 is 0 Å². The number of hydrogen-bond donors (Lipinski definition) is 3. The van der Waals surface area contributed by atoms with Crippen LogP contribution in [0.3, 0.4) is 0 Å². The Labute approximate surface area is 81.9 Å². The van der Waals surface area contributed by atoms with E-state index in [0.717, 1.165) is 0 Å². The Bertz CT molecular complexity index is 165. The molecule has 7 nitrogen and oxygen atoms in total. The highest BCUT2D eigenvalue weighted by atomic mass is 16.5. The minimum atomic E-state index is -0.382. The van der Waals surface area contributed by atoms with Crippen molar-refractivity contribution in [1.29, 1.82) is 0 Å². The fourth-order valence-electron chi connectivity index (χ4n) is 0.616. The van der Waals surface area contributed by atoms with Gasteiger partial charge < -0.3 is 14.8 Å². The number of nitrogens with two attached hydrogens (primary N) is 1. The number of amides is 2. The second-order valence-corrected chi connectivity index (χ2v) is 2.30. The van der Waals surface area contributed by atoms with Crippen LogP contribution >= 0.6 is 0 Å². The molecule has 0 spiro atoms. The molecule has 0 saturated heterocycles. The summed E-state index contributed by atoms with van der Waals surface area (Å²) in [7, 11) is 0. The van der Waals surface area contributed by atoms with Crippen LogP contribution in [0, 0.1) is 0 Å². The normalized spacial score (nSPS) is 9.50. The van der Waals surface area contributed by atoms with Crippen LogP contribution in [0.4, 0.5) is 0 Å². The summed E-state index contributed by atoms with van der Waals surface area (Å²) in [6.07, 6.45) is 0.603. The van der Waals surface area contributed by atoms with E-state index in [1.165, 1.54) is 0 Å². The summed E-state index contributed by atoms with van der Waals surface area (Å²) in [5, 5.41) is 2.44. The van der Waals surface area contributed by atoms with Crippen molar-refractivity contribution < 1.29 is 19.1 Å². The largest absolute Gasteiger partial charge is 0.377 e. The minimum Gasteiger partial charge on any atom is -0.377 e. The lowest BCUT2D eigenvalue weighted by Gasteiger charge is -2.04. The number of carbonyl (C=O) groups is 2. The Kier molecular flexibility index (Phi) is 9.07. The van der Waals surface area contributed by atoms with Crippen molar-refractivity contribution in [2.24, 2.45) is 5.84 Å². The Morgan fingerprint density at radius 3 is 2.64 bits per heavy atom. The van der Waals surface area contributed by atoms with Crippen molar-refractivity contribution in [1.82, 2.24) is 10.7 Å². The molecule has 0 aliphatic carbocycles. The molecule has 14 heavy (non-hydrogen) atoms. The first kappa shape index (κ1) is 12.8. The Balaban J connectivity index is 2.98. The third-order valence-corrected chi connectivity index (χ3v) is 1.24. The molecule has 0 rings (SSSR count). The molecule has 2 amide bonds. The summed E-state index contributed by atoms with van der Waals surface area (Å²) in [6.45, 7) is 1.50. The first-order valence-electron chi connectivity index (χ1n) is 4.13. The van der Waals surface area contributed by atoms with Gasteiger partial charge in [0.2, 0.25) is 6.41 Å². The van der Waals surface area contributed by atoms with Gasteiger partial charge in [0.1, 0.15) is 6.61 Å². The molecule has 0 atom stereocenters. The maximum Gasteiger partial charge on any atom is 0.259 e. The molecule has 0 radical (unpaired) electrons. The molecule has 4 N–H and O–H groups in total. The predicted molar refractivity (Wildman–Crippen MR) is 48.0 cm³/mol. The van der Waals surface area contributed by atoms with Crippen LogP contribution in [-0.2, 0) is 19.1 Å². The highest BCUT2D eigenvalue weighted by Gasteiger charge is 1.96. The Morgan fingerprint density at radius 2 is 2.00 bits per heavy atom. The number of hydrogen-bond acceptors (Lipinski definition) is 5. The molecule has 7 heteroatoms. The second-order valence-electron chi connectivity index (χ2n) is 2.30. The highest BCUT2D eigenvalue weighted by Crippen LogP contribution is 1.77. The van der Waals surface area contributed by atoms with E-state index in [0.29, 0.717) is 32.8 Å². The third kappa shape index (κ3) is 8.91. The van der Waals surface area contributed by atoms with Crippen molar-refractivity contribution >= 4 is 12.3 Å². The second kappa shape index (κ2) is 9.90. The van der Waals surface area contributed by atoms with Gasteiger partial charge in [0, 0.05) is 6.54 Å². The molecule has 0 aliphatic rings. The number of hydrazine groups is 1. The predicted octanol–water partition coefficient (Wildman–Crippen LogP) is -2.24. The van der Waals surface area contributed by atoms with Gasteiger partial charge in [-0.3, -0.25) is 15.0 Å². The van der Waals surface area contributed by atoms with E-state index in [4.69, 9.17) is 15.3 Å². The van der Waals surface area contributed by atoms with Gasteiger partial charge in [0.15, 0.2) is 0 Å². The van der Waals surface area contributed by atoms with Crippen LogP contribution in [0.25, 0.3) is 0 Å². The summed E-state index contributed by atoms with van der Waals surface area (Å²) >= 11 is 0. The fraction of sp³-hybridized carbons (Fsp3) is 0.714. The molecular weight excluding hydrogens is 190 g/mol. The van der Waals surface area contributed by atoms with Gasteiger partial charge in [-0.1, -0.05) is 0 Å². The number of carbonyl (C=O) groups excluding carboxylic acids is 2. The van der Waals surface area contributed by atoms with E-state index in [9.17, 15) is 9.59 Å². The van der Waals surface area contributed by atoms with Crippen LogP contribution in [0.2, 0.25) is 0 Å². The van der Waals surface area contributed by atoms with Crippen molar-refractivity contribution in [2.45, 2.75) is 0 Å². The maximum absolute atomic E-state index is 10.5. The molecule has 0 saturated carbocycles. The summed E-state index contributed by atoms with van der Waals surface area (Å²) in [5.41, 5.74) is 1.93. The van der Waals surface area contributed by atoms with Gasteiger partial charge in [-0.05, 0) is 0 Å². The topological polar surface area (TPSA) is 103 Å². The summed E-state index contributed by atoms with van der Waals surface area (Å²) < 4.78 is 9.93. The van der Waals surface area contributed by atoms with Gasteiger partial charge in [-0.15, -0.1) is 0 Å². The summed E-state index contributed by atoms with van der Waals surface area (Å²) in [5.74, 6) is 4.43. The van der Waals surface area contributed by atoms with E-state index in [-0.39, 0.29) is 12.5 Å². The van der Waals surface area contributed by atoms with Crippen LogP contribution in [-0.4, -0.2) is 45.3 Å². The van der Waals surface area contributed by atoms with Crippen molar-refractivity contribution in [3.63, 3.8) is 0 Å². The van der Waals surface area contributed by atoms with Gasteiger partial charge in [0.25, 0.3) is 5.91 Å². The van der Waals surface area contributed by atoms with E-state index < -0.39 is 0 Å². The number of nitrogens with one attached hydrogen (secondary N) is 2. The van der Waals surface area contributed by atoms with Gasteiger partial charge in [-0.2, -0.15) is 0 Å². The fourth-order valence-corrected chi connectivity index (χ4v) is 0.616. The van der Waals surface area contributed by atoms with Crippen molar-refractivity contribution in [2.75, 3.05) is 33.0 Å². The summed E-state index contributed by atoms with van der Waals surface area (Å²) in [6, 6.07) is 0. The highest BCUT2D eigenvalue weighted by molar-refractivity contribution is 5.76. The standard InChI is InChI=1S/C7H15N3O4/c8-10-7(12)5-14-4-3-13-2-1-9-6-11/h6H,1-5,8H2,(H,9,11)(H,10,12). The minimum absolute atomic E-state index is 0.0769. The number of rotatable bonds is 9. The molecule has 0 aliphatic heterocycles. The molecule has 82 valence electrons. The summed E-state index contributed by atoms with van der Waals surface area (Å²) in [4.78, 5) is 20.3. The van der Waals surface area contributed by atoms with Crippen molar-refractivity contribution in [3.05, 3.63) is 0 Å². The molecular formula is C7H15N3O4. The zero-order chi connectivity index (χ0) is 10.6. The average molecular weight is 205 g/mol. The van der Waals surface area contributed by atoms with E-state index in [1.807, 2.05) is 5.43 Å². The van der Waals surface area contributed by atoms with Crippen LogP contribution in [0.1, 0.15) is 0 Å². The van der Waals surface area contributed by atoms with Crippen LogP contribution < -0.4 is 16.6 Å². The third-order valence-electron chi connectivity index (χ3n) is 1.24. The average Bonchev–Trinajstić information content (AvgIpc) is 2.21. The first-order valence-corrected chi connectivity index (χ1v) is 4.13. The van der Waals surface area contributed by atoms with Crippen LogP contribution in [0.5, 0.6) is 0 Å². The smallest absolute Gasteiger partial charge is 0.259 e. The maximum atomic E-state index is 10.5. The molecule has 0 aromatic carbocycles. The zero-order valence-electron chi connectivity index (χ0n) is 7.82. The van der Waals surface area contributed by atoms with Crippen molar-refractivity contribution in [3.8, 4) is 0 Å². The monoisotopic (exact) mass is 205 g/mol. The first-order chi connectivity index (χ1) is 6.81. The molecule has 0 heterocycles. The lowest BCUT2D eigenvalue weighted by atomic mass is 10.6. The van der Waals surface area contributed by atoms with E-state index >= 15 is 0 Å². The Hall–Kier alpha value is -1.18. The molecule has 0 aromatic rings. The lowest BCUT2D eigenvalue weighted by molar-refractivity contribution is -0.126. The number of ether oxygens (including phenoxy) is 2. The van der Waals surface area contributed by atoms with Gasteiger partial charge in [0.05, 0.1) is 19.8 Å².